The minimum atomic E-state index is -0.439. The summed E-state index contributed by atoms with van der Waals surface area (Å²) < 4.78 is 10.9. The van der Waals surface area contributed by atoms with Gasteiger partial charge in [-0.3, -0.25) is 0 Å². The normalized spacial score (nSPS) is 15.3. The van der Waals surface area contributed by atoms with E-state index in [1.807, 2.05) is 54.6 Å². The van der Waals surface area contributed by atoms with Gasteiger partial charge >= 0.3 is 5.97 Å². The summed E-state index contributed by atoms with van der Waals surface area (Å²) in [7, 11) is 0. The number of hydrogen-bond acceptors (Lipinski definition) is 4. The van der Waals surface area contributed by atoms with Crippen molar-refractivity contribution in [1.82, 2.24) is 0 Å². The second kappa shape index (κ2) is 7.59. The van der Waals surface area contributed by atoms with Gasteiger partial charge in [0.1, 0.15) is 5.75 Å². The zero-order valence-electron chi connectivity index (χ0n) is 13.6. The number of esters is 1. The minimum absolute atomic E-state index is 0.291. The van der Waals surface area contributed by atoms with Crippen molar-refractivity contribution < 1.29 is 14.3 Å². The predicted octanol–water partition coefficient (Wildman–Crippen LogP) is 4.21. The number of rotatable bonds is 6. The smallest absolute Gasteiger partial charge is 0.363 e. The number of benzene rings is 2. The van der Waals surface area contributed by atoms with Crippen molar-refractivity contribution >= 4 is 17.9 Å². The molecule has 0 spiro atoms. The number of ether oxygens (including phenoxy) is 2. The van der Waals surface area contributed by atoms with E-state index in [1.54, 1.807) is 6.08 Å². The molecular weight excluding hydrogens is 302 g/mol. The third-order valence-electron chi connectivity index (χ3n) is 3.57. The zero-order valence-corrected chi connectivity index (χ0v) is 13.6. The molecule has 1 aliphatic rings. The van der Waals surface area contributed by atoms with Crippen LogP contribution < -0.4 is 4.74 Å². The molecule has 0 aromatic heterocycles. The molecule has 24 heavy (non-hydrogen) atoms. The van der Waals surface area contributed by atoms with Crippen molar-refractivity contribution in [3.05, 3.63) is 71.4 Å². The molecule has 1 aliphatic heterocycles. The lowest BCUT2D eigenvalue weighted by atomic mass is 10.2. The topological polar surface area (TPSA) is 47.9 Å². The van der Waals surface area contributed by atoms with Crippen LogP contribution in [-0.2, 0) is 9.53 Å². The van der Waals surface area contributed by atoms with Crippen molar-refractivity contribution in [3.63, 3.8) is 0 Å². The number of aliphatic imine (C=N–C) groups is 1. The summed E-state index contributed by atoms with van der Waals surface area (Å²) in [6.45, 7) is 2.81. The van der Waals surface area contributed by atoms with Gasteiger partial charge in [-0.1, -0.05) is 43.7 Å². The lowest BCUT2D eigenvalue weighted by Gasteiger charge is -2.05. The van der Waals surface area contributed by atoms with E-state index in [4.69, 9.17) is 9.47 Å². The molecule has 0 radical (unpaired) electrons. The first-order valence-electron chi connectivity index (χ1n) is 8.07. The van der Waals surface area contributed by atoms with Crippen LogP contribution in [0.2, 0.25) is 0 Å². The van der Waals surface area contributed by atoms with Crippen LogP contribution in [0.1, 0.15) is 30.9 Å². The molecule has 0 saturated carbocycles. The molecule has 0 fully saturated rings. The largest absolute Gasteiger partial charge is 0.494 e. The van der Waals surface area contributed by atoms with Gasteiger partial charge in [0, 0.05) is 5.56 Å². The highest BCUT2D eigenvalue weighted by Crippen LogP contribution is 2.21. The predicted molar refractivity (Wildman–Crippen MR) is 93.9 cm³/mol. The highest BCUT2D eigenvalue weighted by Gasteiger charge is 2.23. The molecule has 3 rings (SSSR count). The van der Waals surface area contributed by atoms with E-state index in [9.17, 15) is 4.79 Å². The molecule has 122 valence electrons. The van der Waals surface area contributed by atoms with Gasteiger partial charge in [0.2, 0.25) is 5.90 Å². The Kier molecular flexibility index (Phi) is 5.06. The summed E-state index contributed by atoms with van der Waals surface area (Å²) >= 11 is 0. The van der Waals surface area contributed by atoms with E-state index >= 15 is 0 Å². The van der Waals surface area contributed by atoms with Crippen molar-refractivity contribution in [3.8, 4) is 5.75 Å². The maximum absolute atomic E-state index is 12.0. The van der Waals surface area contributed by atoms with Crippen LogP contribution in [0.4, 0.5) is 0 Å². The first kappa shape index (κ1) is 16.0. The molecule has 0 amide bonds. The Bertz CT molecular complexity index is 778. The third kappa shape index (κ3) is 3.90. The number of hydrogen-bond donors (Lipinski definition) is 0. The maximum Gasteiger partial charge on any atom is 0.363 e. The number of unbranched alkanes of at least 4 members (excludes halogenated alkanes) is 1. The van der Waals surface area contributed by atoms with Gasteiger partial charge in [-0.15, -0.1) is 0 Å². The van der Waals surface area contributed by atoms with Gasteiger partial charge in [-0.05, 0) is 42.3 Å². The lowest BCUT2D eigenvalue weighted by molar-refractivity contribution is -0.129. The van der Waals surface area contributed by atoms with Gasteiger partial charge in [0.15, 0.2) is 5.70 Å². The van der Waals surface area contributed by atoms with Crippen LogP contribution in [-0.4, -0.2) is 18.5 Å². The van der Waals surface area contributed by atoms with E-state index in [0.717, 1.165) is 29.7 Å². The third-order valence-corrected chi connectivity index (χ3v) is 3.57. The van der Waals surface area contributed by atoms with Crippen LogP contribution in [0.3, 0.4) is 0 Å². The number of carbonyl (C=O) groups is 1. The number of carbonyl (C=O) groups excluding carboxylic acids is 1. The van der Waals surface area contributed by atoms with E-state index in [1.165, 1.54) is 0 Å². The van der Waals surface area contributed by atoms with Crippen molar-refractivity contribution in [1.29, 1.82) is 0 Å². The van der Waals surface area contributed by atoms with E-state index < -0.39 is 5.97 Å². The summed E-state index contributed by atoms with van der Waals surface area (Å²) in [6.07, 6.45) is 3.82. The van der Waals surface area contributed by atoms with Crippen molar-refractivity contribution in [2.75, 3.05) is 6.61 Å². The van der Waals surface area contributed by atoms with Crippen LogP contribution >= 0.6 is 0 Å². The van der Waals surface area contributed by atoms with Crippen LogP contribution in [0.5, 0.6) is 5.75 Å². The molecule has 0 saturated heterocycles. The van der Waals surface area contributed by atoms with E-state index in [-0.39, 0.29) is 0 Å². The molecular formula is C20H19NO3. The SMILES string of the molecule is CCCCOc1cccc(/C=C2/N=C(c3ccccc3)OC2=O)c1. The highest BCUT2D eigenvalue weighted by atomic mass is 16.6. The standard InChI is InChI=1S/C20H19NO3/c1-2-3-12-23-17-11-7-8-15(13-17)14-18-20(22)24-19(21-18)16-9-5-4-6-10-16/h4-11,13-14H,2-3,12H2,1H3/b18-14+. The summed E-state index contributed by atoms with van der Waals surface area (Å²) in [5.41, 5.74) is 1.93. The Morgan fingerprint density at radius 1 is 1.12 bits per heavy atom. The summed E-state index contributed by atoms with van der Waals surface area (Å²) in [5.74, 6) is 0.685. The zero-order chi connectivity index (χ0) is 16.8. The summed E-state index contributed by atoms with van der Waals surface area (Å²) in [5, 5.41) is 0. The van der Waals surface area contributed by atoms with Crippen LogP contribution in [0.25, 0.3) is 6.08 Å². The maximum atomic E-state index is 12.0. The van der Waals surface area contributed by atoms with Crippen molar-refractivity contribution in [2.45, 2.75) is 19.8 Å². The van der Waals surface area contributed by atoms with E-state index in [0.29, 0.717) is 18.2 Å². The van der Waals surface area contributed by atoms with Gasteiger partial charge < -0.3 is 9.47 Å². The Morgan fingerprint density at radius 3 is 2.75 bits per heavy atom. The summed E-state index contributed by atoms with van der Waals surface area (Å²) in [4.78, 5) is 16.3. The molecule has 0 unspecified atom stereocenters. The molecule has 1 heterocycles. The van der Waals surface area contributed by atoms with Crippen LogP contribution in [0.15, 0.2) is 65.3 Å². The molecule has 0 bridgehead atoms. The average Bonchev–Trinajstić information content (AvgIpc) is 2.97. The van der Waals surface area contributed by atoms with Gasteiger partial charge in [0.05, 0.1) is 6.61 Å². The van der Waals surface area contributed by atoms with Crippen molar-refractivity contribution in [2.24, 2.45) is 4.99 Å². The molecule has 2 aromatic rings. The quantitative estimate of drug-likeness (QED) is 0.455. The van der Waals surface area contributed by atoms with Crippen LogP contribution in [0, 0.1) is 0 Å². The fourth-order valence-corrected chi connectivity index (χ4v) is 2.30. The summed E-state index contributed by atoms with van der Waals surface area (Å²) in [6, 6.07) is 17.0. The lowest BCUT2D eigenvalue weighted by Crippen LogP contribution is -2.04. The van der Waals surface area contributed by atoms with Gasteiger partial charge in [-0.25, -0.2) is 9.79 Å². The fraction of sp³-hybridized carbons (Fsp3) is 0.200. The molecule has 0 aliphatic carbocycles. The first-order chi connectivity index (χ1) is 11.8. The Balaban J connectivity index is 1.79. The molecule has 4 heteroatoms. The molecule has 4 nitrogen and oxygen atoms in total. The Hall–Kier alpha value is -2.88. The molecule has 2 aromatic carbocycles. The minimum Gasteiger partial charge on any atom is -0.494 e. The number of nitrogens with zero attached hydrogens (tertiary/aromatic N) is 1. The average molecular weight is 321 g/mol. The van der Waals surface area contributed by atoms with Gasteiger partial charge in [-0.2, -0.15) is 0 Å². The van der Waals surface area contributed by atoms with E-state index in [2.05, 4.69) is 11.9 Å². The first-order valence-corrected chi connectivity index (χ1v) is 8.07. The molecule has 0 N–H and O–H groups in total. The second-order valence-corrected chi connectivity index (χ2v) is 5.48. The molecule has 0 atom stereocenters. The number of cyclic esters (lactones) is 1. The highest BCUT2D eigenvalue weighted by molar-refractivity contribution is 6.12. The fourth-order valence-electron chi connectivity index (χ4n) is 2.30. The monoisotopic (exact) mass is 321 g/mol. The Morgan fingerprint density at radius 2 is 1.96 bits per heavy atom. The van der Waals surface area contributed by atoms with Gasteiger partial charge in [0.25, 0.3) is 0 Å². The Labute approximate surface area is 141 Å². The second-order valence-electron chi connectivity index (χ2n) is 5.48.